The minimum absolute atomic E-state index is 0.00227. The van der Waals surface area contributed by atoms with Gasteiger partial charge in [-0.15, -0.1) is 11.3 Å². The Bertz CT molecular complexity index is 1520. The van der Waals surface area contributed by atoms with E-state index in [0.29, 0.717) is 16.0 Å². The molecule has 2 aromatic carbocycles. The van der Waals surface area contributed by atoms with Crippen molar-refractivity contribution in [2.75, 3.05) is 16.3 Å². The molecule has 0 aliphatic rings. The van der Waals surface area contributed by atoms with Crippen molar-refractivity contribution in [3.05, 3.63) is 76.3 Å². The van der Waals surface area contributed by atoms with Gasteiger partial charge < -0.3 is 10.1 Å². The van der Waals surface area contributed by atoms with E-state index < -0.39 is 27.7 Å². The van der Waals surface area contributed by atoms with Crippen LogP contribution in [0.25, 0.3) is 10.1 Å². The highest BCUT2D eigenvalue weighted by Gasteiger charge is 2.30. The lowest BCUT2D eigenvalue weighted by molar-refractivity contribution is -0.137. The maximum atomic E-state index is 12.8. The number of amides is 1. The van der Waals surface area contributed by atoms with Crippen LogP contribution >= 0.6 is 22.9 Å². The van der Waals surface area contributed by atoms with Crippen LogP contribution < -0.4 is 14.8 Å². The second-order valence-electron chi connectivity index (χ2n) is 7.33. The van der Waals surface area contributed by atoms with Gasteiger partial charge in [-0.2, -0.15) is 13.2 Å². The number of thiophene rings is 1. The number of pyridine rings is 1. The van der Waals surface area contributed by atoms with E-state index in [1.165, 1.54) is 23.5 Å². The maximum absolute atomic E-state index is 12.8. The molecule has 7 nitrogen and oxygen atoms in total. The fourth-order valence-electron chi connectivity index (χ4n) is 3.06. The molecule has 2 N–H and O–H groups in total. The highest BCUT2D eigenvalue weighted by molar-refractivity contribution is 7.92. The van der Waals surface area contributed by atoms with Gasteiger partial charge in [-0.05, 0) is 60.0 Å². The third-order valence-corrected chi connectivity index (χ3v) is 6.39. The van der Waals surface area contributed by atoms with Gasteiger partial charge in [-0.3, -0.25) is 9.52 Å². The zero-order valence-electron chi connectivity index (χ0n) is 17.7. The summed E-state index contributed by atoms with van der Waals surface area (Å²) in [5.41, 5.74) is -0.191. The molecule has 0 saturated heterocycles. The number of benzene rings is 2. The topological polar surface area (TPSA) is 97.4 Å². The largest absolute Gasteiger partial charge is 0.439 e. The van der Waals surface area contributed by atoms with Gasteiger partial charge in [-0.1, -0.05) is 11.6 Å². The summed E-state index contributed by atoms with van der Waals surface area (Å²) in [6.45, 7) is 0. The zero-order chi connectivity index (χ0) is 25.4. The molecule has 2 aromatic heterocycles. The Labute approximate surface area is 206 Å². The molecule has 13 heteroatoms. The smallest absolute Gasteiger partial charge is 0.416 e. The van der Waals surface area contributed by atoms with Crippen LogP contribution in [0.1, 0.15) is 15.2 Å². The lowest BCUT2D eigenvalue weighted by Gasteiger charge is -2.10. The van der Waals surface area contributed by atoms with E-state index in [9.17, 15) is 26.4 Å². The summed E-state index contributed by atoms with van der Waals surface area (Å²) in [6, 6.07) is 13.3. The molecule has 0 atom stereocenters. The number of fused-ring (bicyclic) bond motifs is 1. The van der Waals surface area contributed by atoms with Crippen LogP contribution in [0, 0.1) is 0 Å². The molecule has 0 bridgehead atoms. The molecule has 4 aromatic rings. The summed E-state index contributed by atoms with van der Waals surface area (Å²) < 4.78 is 69.7. The van der Waals surface area contributed by atoms with E-state index in [-0.39, 0.29) is 22.5 Å². The van der Waals surface area contributed by atoms with Crippen LogP contribution in [0.4, 0.5) is 24.5 Å². The minimum atomic E-state index is -4.47. The number of carbonyl (C=O) groups is 1. The normalized spacial score (nSPS) is 11.9. The van der Waals surface area contributed by atoms with E-state index in [4.69, 9.17) is 16.3 Å². The third kappa shape index (κ3) is 6.41. The lowest BCUT2D eigenvalue weighted by Crippen LogP contribution is -2.10. The van der Waals surface area contributed by atoms with Gasteiger partial charge in [0.05, 0.1) is 16.7 Å². The monoisotopic (exact) mass is 541 g/mol. The number of anilines is 2. The van der Waals surface area contributed by atoms with Crippen molar-refractivity contribution >= 4 is 60.3 Å². The molecule has 0 aliphatic heterocycles. The molecule has 0 radical (unpaired) electrons. The van der Waals surface area contributed by atoms with E-state index in [0.717, 1.165) is 35.2 Å². The molecule has 4 rings (SSSR count). The maximum Gasteiger partial charge on any atom is 0.416 e. The Morgan fingerprint density at radius 1 is 1.03 bits per heavy atom. The number of rotatable bonds is 6. The molecule has 35 heavy (non-hydrogen) atoms. The SMILES string of the molecule is CS(=O)(=O)Nc1ccc2sc(C(=O)Nc3cc(Cl)nc(Oc4ccc(C(F)(F)F)cc4)c3)cc2c1. The zero-order valence-corrected chi connectivity index (χ0v) is 20.1. The van der Waals surface area contributed by atoms with E-state index in [2.05, 4.69) is 15.0 Å². The number of hydrogen-bond acceptors (Lipinski definition) is 6. The number of nitrogens with zero attached hydrogens (tertiary/aromatic N) is 1. The summed E-state index contributed by atoms with van der Waals surface area (Å²) >= 11 is 7.23. The second-order valence-corrected chi connectivity index (χ2v) is 10.6. The Kier molecular flexibility index (Phi) is 6.62. The number of carbonyl (C=O) groups excluding carboxylic acids is 1. The quantitative estimate of drug-likeness (QED) is 0.276. The first-order chi connectivity index (χ1) is 16.4. The fourth-order valence-corrected chi connectivity index (χ4v) is 4.75. The predicted molar refractivity (Wildman–Crippen MR) is 129 cm³/mol. The van der Waals surface area contributed by atoms with Crippen molar-refractivity contribution in [2.45, 2.75) is 6.18 Å². The highest BCUT2D eigenvalue weighted by Crippen LogP contribution is 2.33. The molecule has 0 saturated carbocycles. The standard InChI is InChI=1S/C22H15ClF3N3O4S2/c1-35(31,32)29-14-4-7-17-12(8-14)9-18(34-17)21(30)27-15-10-19(23)28-20(11-15)33-16-5-2-13(3-6-16)22(24,25)26/h2-11,29H,1H3,(H,27,28,30). The Morgan fingerprint density at radius 3 is 2.40 bits per heavy atom. The van der Waals surface area contributed by atoms with Crippen molar-refractivity contribution in [3.63, 3.8) is 0 Å². The second kappa shape index (κ2) is 9.36. The van der Waals surface area contributed by atoms with E-state index in [1.54, 1.807) is 24.3 Å². The van der Waals surface area contributed by atoms with E-state index in [1.807, 2.05) is 0 Å². The van der Waals surface area contributed by atoms with Crippen molar-refractivity contribution in [3.8, 4) is 11.6 Å². The number of hydrogen-bond donors (Lipinski definition) is 2. The molecule has 182 valence electrons. The van der Waals surface area contributed by atoms with E-state index >= 15 is 0 Å². The number of halogens is 4. The van der Waals surface area contributed by atoms with Crippen LogP contribution in [-0.4, -0.2) is 25.6 Å². The van der Waals surface area contributed by atoms with Crippen LogP contribution in [0.2, 0.25) is 5.15 Å². The van der Waals surface area contributed by atoms with Crippen molar-refractivity contribution in [1.29, 1.82) is 0 Å². The highest BCUT2D eigenvalue weighted by atomic mass is 35.5. The van der Waals surface area contributed by atoms with Crippen LogP contribution in [-0.2, 0) is 16.2 Å². The molecule has 0 aliphatic carbocycles. The summed E-state index contributed by atoms with van der Waals surface area (Å²) in [7, 11) is -3.44. The molecular formula is C22H15ClF3N3O4S2. The first kappa shape index (κ1) is 24.8. The van der Waals surface area contributed by atoms with Crippen LogP contribution in [0.5, 0.6) is 11.6 Å². The predicted octanol–water partition coefficient (Wildman–Crippen LogP) is 6.38. The summed E-state index contributed by atoms with van der Waals surface area (Å²) in [5, 5.41) is 3.35. The molecule has 0 unspecified atom stereocenters. The van der Waals surface area contributed by atoms with Gasteiger partial charge in [0.2, 0.25) is 15.9 Å². The molecule has 0 fully saturated rings. The summed E-state index contributed by atoms with van der Waals surface area (Å²) in [4.78, 5) is 17.1. The number of nitrogens with one attached hydrogen (secondary N) is 2. The minimum Gasteiger partial charge on any atom is -0.439 e. The van der Waals surface area contributed by atoms with Gasteiger partial charge in [0, 0.05) is 22.1 Å². The number of ether oxygens (including phenoxy) is 1. The van der Waals surface area contributed by atoms with Gasteiger partial charge >= 0.3 is 6.18 Å². The lowest BCUT2D eigenvalue weighted by atomic mass is 10.2. The number of sulfonamides is 1. The van der Waals surface area contributed by atoms with Crippen molar-refractivity contribution in [2.24, 2.45) is 0 Å². The number of aromatic nitrogens is 1. The average molecular weight is 542 g/mol. The summed E-state index contributed by atoms with van der Waals surface area (Å²) in [5.74, 6) is -0.375. The first-order valence-electron chi connectivity index (χ1n) is 9.71. The van der Waals surface area contributed by atoms with Crippen molar-refractivity contribution < 1.29 is 31.1 Å². The van der Waals surface area contributed by atoms with Gasteiger partial charge in [0.25, 0.3) is 5.91 Å². The van der Waals surface area contributed by atoms with Gasteiger partial charge in [0.15, 0.2) is 0 Å². The summed E-state index contributed by atoms with van der Waals surface area (Å²) in [6.07, 6.45) is -3.43. The fraction of sp³-hybridized carbons (Fsp3) is 0.0909. The van der Waals surface area contributed by atoms with Gasteiger partial charge in [-0.25, -0.2) is 13.4 Å². The molecule has 0 spiro atoms. The molecule has 1 amide bonds. The average Bonchev–Trinajstić information content (AvgIpc) is 3.15. The third-order valence-electron chi connectivity index (χ3n) is 4.48. The molecular weight excluding hydrogens is 527 g/mol. The molecule has 2 heterocycles. The van der Waals surface area contributed by atoms with Gasteiger partial charge in [0.1, 0.15) is 10.9 Å². The first-order valence-corrected chi connectivity index (χ1v) is 12.8. The Morgan fingerprint density at radius 2 is 1.74 bits per heavy atom. The van der Waals surface area contributed by atoms with Crippen LogP contribution in [0.15, 0.2) is 60.7 Å². The van der Waals surface area contributed by atoms with Crippen molar-refractivity contribution in [1.82, 2.24) is 4.98 Å². The van der Waals surface area contributed by atoms with Crippen LogP contribution in [0.3, 0.4) is 0 Å². The number of alkyl halides is 3. The Balaban J connectivity index is 1.51. The Hall–Kier alpha value is -3.35.